The SMILES string of the molecule is Cc1nn(C)c(CC2(O)CCCC2(C)C)c1Br. The van der Waals surface area contributed by atoms with Crippen LogP contribution in [-0.4, -0.2) is 20.5 Å². The zero-order valence-electron chi connectivity index (χ0n) is 11.0. The fourth-order valence-electron chi connectivity index (χ4n) is 2.87. The summed E-state index contributed by atoms with van der Waals surface area (Å²) in [5.74, 6) is 0. The Morgan fingerprint density at radius 1 is 1.41 bits per heavy atom. The number of aryl methyl sites for hydroxylation is 2. The van der Waals surface area contributed by atoms with Crippen molar-refractivity contribution in [1.29, 1.82) is 0 Å². The molecule has 0 saturated heterocycles. The first-order chi connectivity index (χ1) is 7.77. The van der Waals surface area contributed by atoms with Crippen molar-refractivity contribution < 1.29 is 5.11 Å². The third kappa shape index (κ3) is 2.06. The molecule has 1 aliphatic carbocycles. The van der Waals surface area contributed by atoms with Crippen molar-refractivity contribution in [2.24, 2.45) is 12.5 Å². The van der Waals surface area contributed by atoms with Crippen LogP contribution in [0.3, 0.4) is 0 Å². The van der Waals surface area contributed by atoms with E-state index in [0.717, 1.165) is 35.1 Å². The Morgan fingerprint density at radius 2 is 2.06 bits per heavy atom. The van der Waals surface area contributed by atoms with Crippen LogP contribution in [0.15, 0.2) is 4.47 Å². The van der Waals surface area contributed by atoms with Crippen LogP contribution in [0, 0.1) is 12.3 Å². The Bertz CT molecular complexity index is 439. The van der Waals surface area contributed by atoms with Gasteiger partial charge in [0.15, 0.2) is 0 Å². The van der Waals surface area contributed by atoms with E-state index >= 15 is 0 Å². The molecule has 1 atom stereocenters. The quantitative estimate of drug-likeness (QED) is 0.912. The molecule has 0 spiro atoms. The minimum atomic E-state index is -0.601. The van der Waals surface area contributed by atoms with E-state index in [9.17, 15) is 5.11 Å². The van der Waals surface area contributed by atoms with Gasteiger partial charge in [0.1, 0.15) is 0 Å². The molecule has 0 amide bonds. The van der Waals surface area contributed by atoms with E-state index < -0.39 is 5.60 Å². The summed E-state index contributed by atoms with van der Waals surface area (Å²) in [4.78, 5) is 0. The average Bonchev–Trinajstić information content (AvgIpc) is 2.60. The second kappa shape index (κ2) is 4.09. The lowest BCUT2D eigenvalue weighted by atomic mass is 9.75. The fraction of sp³-hybridized carbons (Fsp3) is 0.769. The highest BCUT2D eigenvalue weighted by molar-refractivity contribution is 9.10. The van der Waals surface area contributed by atoms with E-state index in [0.29, 0.717) is 6.42 Å². The highest BCUT2D eigenvalue weighted by Crippen LogP contribution is 2.48. The zero-order valence-corrected chi connectivity index (χ0v) is 12.6. The third-order valence-electron chi connectivity index (χ3n) is 4.37. The Hall–Kier alpha value is -0.350. The summed E-state index contributed by atoms with van der Waals surface area (Å²) < 4.78 is 2.92. The molecule has 1 aliphatic rings. The van der Waals surface area contributed by atoms with E-state index in [1.807, 2.05) is 18.7 Å². The van der Waals surface area contributed by atoms with Gasteiger partial charge in [0, 0.05) is 13.5 Å². The monoisotopic (exact) mass is 300 g/mol. The van der Waals surface area contributed by atoms with Crippen molar-refractivity contribution in [1.82, 2.24) is 9.78 Å². The lowest BCUT2D eigenvalue weighted by Gasteiger charge is -2.37. The van der Waals surface area contributed by atoms with Crippen LogP contribution in [0.5, 0.6) is 0 Å². The number of aromatic nitrogens is 2. The highest BCUT2D eigenvalue weighted by atomic mass is 79.9. The topological polar surface area (TPSA) is 38.0 Å². The van der Waals surface area contributed by atoms with Gasteiger partial charge in [0.05, 0.1) is 21.5 Å². The molecule has 1 heterocycles. The number of nitrogens with zero attached hydrogens (tertiary/aromatic N) is 2. The maximum absolute atomic E-state index is 10.9. The minimum Gasteiger partial charge on any atom is -0.389 e. The zero-order chi connectivity index (χ0) is 12.8. The molecule has 0 aromatic carbocycles. The predicted molar refractivity (Wildman–Crippen MR) is 71.9 cm³/mol. The minimum absolute atomic E-state index is 0.00931. The summed E-state index contributed by atoms with van der Waals surface area (Å²) in [6.45, 7) is 6.31. The predicted octanol–water partition coefficient (Wildman–Crippen LogP) is 2.97. The van der Waals surface area contributed by atoms with Crippen molar-refractivity contribution in [3.05, 3.63) is 15.9 Å². The Labute approximate surface area is 111 Å². The van der Waals surface area contributed by atoms with E-state index in [1.165, 1.54) is 0 Å². The number of hydrogen-bond acceptors (Lipinski definition) is 2. The number of halogens is 1. The van der Waals surface area contributed by atoms with Crippen LogP contribution in [0.2, 0.25) is 0 Å². The van der Waals surface area contributed by atoms with Crippen LogP contribution < -0.4 is 0 Å². The third-order valence-corrected chi connectivity index (χ3v) is 5.40. The molecule has 0 bridgehead atoms. The molecule has 0 radical (unpaired) electrons. The summed E-state index contributed by atoms with van der Waals surface area (Å²) >= 11 is 3.58. The second-order valence-corrected chi connectivity index (χ2v) is 6.71. The molecule has 1 fully saturated rings. The fourth-order valence-corrected chi connectivity index (χ4v) is 3.35. The molecule has 2 rings (SSSR count). The van der Waals surface area contributed by atoms with E-state index in [4.69, 9.17) is 0 Å². The molecule has 1 N–H and O–H groups in total. The maximum Gasteiger partial charge on any atom is 0.0753 e. The molecule has 1 aromatic heterocycles. The molecule has 0 aliphatic heterocycles. The van der Waals surface area contributed by atoms with Crippen LogP contribution in [-0.2, 0) is 13.5 Å². The van der Waals surface area contributed by atoms with E-state index in [1.54, 1.807) is 0 Å². The van der Waals surface area contributed by atoms with Crippen molar-refractivity contribution >= 4 is 15.9 Å². The van der Waals surface area contributed by atoms with Gasteiger partial charge in [-0.2, -0.15) is 5.10 Å². The number of aliphatic hydroxyl groups is 1. The molecule has 1 aromatic rings. The van der Waals surface area contributed by atoms with Gasteiger partial charge in [-0.25, -0.2) is 0 Å². The van der Waals surface area contributed by atoms with Crippen molar-refractivity contribution in [3.63, 3.8) is 0 Å². The molecule has 3 nitrogen and oxygen atoms in total. The number of rotatable bonds is 2. The summed E-state index contributed by atoms with van der Waals surface area (Å²) in [6.07, 6.45) is 3.77. The molecular formula is C13H21BrN2O. The van der Waals surface area contributed by atoms with Gasteiger partial charge in [-0.3, -0.25) is 4.68 Å². The van der Waals surface area contributed by atoms with Gasteiger partial charge < -0.3 is 5.11 Å². The first kappa shape index (κ1) is 13.1. The van der Waals surface area contributed by atoms with Crippen LogP contribution in [0.4, 0.5) is 0 Å². The summed E-state index contributed by atoms with van der Waals surface area (Å²) in [7, 11) is 1.94. The summed E-state index contributed by atoms with van der Waals surface area (Å²) in [6, 6.07) is 0. The molecular weight excluding hydrogens is 280 g/mol. The highest BCUT2D eigenvalue weighted by Gasteiger charge is 2.48. The van der Waals surface area contributed by atoms with Crippen molar-refractivity contribution in [3.8, 4) is 0 Å². The lowest BCUT2D eigenvalue weighted by molar-refractivity contribution is -0.0433. The van der Waals surface area contributed by atoms with E-state index in [2.05, 4.69) is 34.9 Å². The second-order valence-electron chi connectivity index (χ2n) is 5.92. The van der Waals surface area contributed by atoms with E-state index in [-0.39, 0.29) is 5.41 Å². The number of hydrogen-bond donors (Lipinski definition) is 1. The normalized spacial score (nSPS) is 27.6. The molecule has 4 heteroatoms. The molecule has 96 valence electrons. The van der Waals surface area contributed by atoms with Crippen LogP contribution in [0.1, 0.15) is 44.5 Å². The van der Waals surface area contributed by atoms with Gasteiger partial charge in [-0.1, -0.05) is 13.8 Å². The molecule has 1 unspecified atom stereocenters. The molecule has 1 saturated carbocycles. The van der Waals surface area contributed by atoms with Crippen molar-refractivity contribution in [2.75, 3.05) is 0 Å². The average molecular weight is 301 g/mol. The first-order valence-corrected chi connectivity index (χ1v) is 6.96. The maximum atomic E-state index is 10.9. The largest absolute Gasteiger partial charge is 0.389 e. The van der Waals surface area contributed by atoms with Gasteiger partial charge in [-0.15, -0.1) is 0 Å². The first-order valence-electron chi connectivity index (χ1n) is 6.17. The van der Waals surface area contributed by atoms with Crippen LogP contribution in [0.25, 0.3) is 0 Å². The Kier molecular flexibility index (Phi) is 3.15. The Morgan fingerprint density at radius 3 is 2.47 bits per heavy atom. The van der Waals surface area contributed by atoms with Crippen molar-refractivity contribution in [2.45, 2.75) is 52.1 Å². The van der Waals surface area contributed by atoms with Gasteiger partial charge in [0.25, 0.3) is 0 Å². The smallest absolute Gasteiger partial charge is 0.0753 e. The summed E-state index contributed by atoms with van der Waals surface area (Å²) in [5.41, 5.74) is 1.47. The van der Waals surface area contributed by atoms with Crippen LogP contribution >= 0.6 is 15.9 Å². The lowest BCUT2D eigenvalue weighted by Crippen LogP contribution is -2.42. The van der Waals surface area contributed by atoms with Gasteiger partial charge >= 0.3 is 0 Å². The molecule has 17 heavy (non-hydrogen) atoms. The summed E-state index contributed by atoms with van der Waals surface area (Å²) in [5, 5.41) is 15.3. The van der Waals surface area contributed by atoms with Gasteiger partial charge in [-0.05, 0) is 47.5 Å². The standard InChI is InChI=1S/C13H21BrN2O/c1-9-11(14)10(16(4)15-9)8-13(17)7-5-6-12(13,2)3/h17H,5-8H2,1-4H3. The van der Waals surface area contributed by atoms with Gasteiger partial charge in [0.2, 0.25) is 0 Å². The Balaban J connectivity index is 2.32.